The second kappa shape index (κ2) is 4.72. The van der Waals surface area contributed by atoms with Gasteiger partial charge in [-0.1, -0.05) is 0 Å². The van der Waals surface area contributed by atoms with E-state index in [9.17, 15) is 0 Å². The normalized spacial score (nSPS) is 25.3. The zero-order chi connectivity index (χ0) is 13.7. The minimum atomic E-state index is -3.40. The molecule has 0 saturated carbocycles. The molecule has 1 atom stereocenters. The van der Waals surface area contributed by atoms with E-state index in [2.05, 4.69) is 68.5 Å². The van der Waals surface area contributed by atoms with Crippen LogP contribution in [0.4, 0.5) is 0 Å². The Kier molecular flexibility index (Phi) is 3.45. The van der Waals surface area contributed by atoms with Gasteiger partial charge in [0, 0.05) is 0 Å². The summed E-state index contributed by atoms with van der Waals surface area (Å²) < 4.78 is 0.0874. The Morgan fingerprint density at radius 1 is 1.16 bits per heavy atom. The number of fused-ring (bicyclic) bond motifs is 1. The Labute approximate surface area is 126 Å². The Hall–Kier alpha value is -0.0969. The minimum absolute atomic E-state index is 0.162. The van der Waals surface area contributed by atoms with Gasteiger partial charge in [0.15, 0.2) is 0 Å². The van der Waals surface area contributed by atoms with E-state index < -0.39 is 17.9 Å². The zero-order valence-corrected chi connectivity index (χ0v) is 15.0. The van der Waals surface area contributed by atoms with Crippen LogP contribution in [-0.4, -0.2) is 0 Å². The van der Waals surface area contributed by atoms with Gasteiger partial charge in [-0.05, 0) is 0 Å². The van der Waals surface area contributed by atoms with Gasteiger partial charge >= 0.3 is 127 Å². The van der Waals surface area contributed by atoms with Crippen LogP contribution in [0.2, 0.25) is 3.63 Å². The van der Waals surface area contributed by atoms with Crippen molar-refractivity contribution in [1.29, 1.82) is 0 Å². The molecule has 3 rings (SSSR count). The van der Waals surface area contributed by atoms with Gasteiger partial charge in [0.1, 0.15) is 0 Å². The van der Waals surface area contributed by atoms with Crippen molar-refractivity contribution in [1.82, 2.24) is 0 Å². The Morgan fingerprint density at radius 3 is 2.53 bits per heavy atom. The van der Waals surface area contributed by atoms with Gasteiger partial charge in [-0.2, -0.15) is 0 Å². The third-order valence-electron chi connectivity index (χ3n) is 4.22. The fourth-order valence-corrected chi connectivity index (χ4v) is 12.3. The molecule has 0 bridgehead atoms. The molecule has 0 spiro atoms. The van der Waals surface area contributed by atoms with Crippen LogP contribution in [0.25, 0.3) is 6.08 Å². The number of aryl methyl sites for hydroxylation is 1. The van der Waals surface area contributed by atoms with Crippen molar-refractivity contribution in [2.75, 3.05) is 0 Å². The maximum atomic E-state index is 6.98. The SMILES string of the molecule is Cc1ccc2c(c1)C=C[C]2(C)[Zr]([Cl])([Cl])[CH]1C=CC=C1. The first-order valence-electron chi connectivity index (χ1n) is 6.48. The van der Waals surface area contributed by atoms with E-state index in [-0.39, 0.29) is 6.75 Å². The standard InChI is InChI=1S/C11H11.C5H5.2ClH.Zr/c1-8-3-6-11-9(2)4-5-10(11)7-8;1-2-4-5-3-1;;;/h3-7H,1-2H3;1-5H;2*1H;/q;;;;+2/p-2. The number of hydrogen-bond donors (Lipinski definition) is 0. The second-order valence-electron chi connectivity index (χ2n) is 5.54. The van der Waals surface area contributed by atoms with Gasteiger partial charge in [-0.3, -0.25) is 0 Å². The first kappa shape index (κ1) is 13.9. The van der Waals surface area contributed by atoms with E-state index in [4.69, 9.17) is 17.0 Å². The van der Waals surface area contributed by atoms with Gasteiger partial charge in [-0.25, -0.2) is 0 Å². The van der Waals surface area contributed by atoms with Crippen molar-refractivity contribution >= 4 is 23.1 Å². The molecule has 1 unspecified atom stereocenters. The number of hydrogen-bond acceptors (Lipinski definition) is 0. The quantitative estimate of drug-likeness (QED) is 0.634. The fourth-order valence-electron chi connectivity index (χ4n) is 2.95. The number of allylic oxidation sites excluding steroid dienone is 5. The van der Waals surface area contributed by atoms with E-state index >= 15 is 0 Å². The molecule has 0 aromatic heterocycles. The molecule has 0 nitrogen and oxygen atoms in total. The molecule has 0 amide bonds. The van der Waals surface area contributed by atoms with Crippen LogP contribution in [0.15, 0.2) is 48.6 Å². The predicted molar refractivity (Wildman–Crippen MR) is 81.3 cm³/mol. The van der Waals surface area contributed by atoms with Crippen molar-refractivity contribution in [2.45, 2.75) is 20.6 Å². The van der Waals surface area contributed by atoms with Crippen LogP contribution in [0, 0.1) is 6.92 Å². The average Bonchev–Trinajstić information content (AvgIpc) is 2.98. The third-order valence-corrected chi connectivity index (χ3v) is 19.3. The van der Waals surface area contributed by atoms with E-state index in [0.29, 0.717) is 0 Å². The third kappa shape index (κ3) is 2.06. The second-order valence-corrected chi connectivity index (χ2v) is 21.0. The van der Waals surface area contributed by atoms with Gasteiger partial charge in [0.2, 0.25) is 0 Å². The summed E-state index contributed by atoms with van der Waals surface area (Å²) in [6, 6.07) is 6.57. The van der Waals surface area contributed by atoms with Gasteiger partial charge in [0.25, 0.3) is 0 Å². The fraction of sp³-hybridized carbons (Fsp3) is 0.250. The maximum absolute atomic E-state index is 6.98. The Morgan fingerprint density at radius 2 is 1.84 bits per heavy atom. The molecule has 3 heteroatoms. The molecule has 2 aliphatic rings. The van der Waals surface area contributed by atoms with Crippen molar-refractivity contribution in [3.63, 3.8) is 0 Å². The summed E-state index contributed by atoms with van der Waals surface area (Å²) in [4.78, 5) is 0. The molecule has 0 N–H and O–H groups in total. The molecule has 1 aromatic carbocycles. The topological polar surface area (TPSA) is 0 Å². The molecule has 0 heterocycles. The molecule has 0 saturated heterocycles. The summed E-state index contributed by atoms with van der Waals surface area (Å²) in [7, 11) is 14.0. The van der Waals surface area contributed by atoms with Crippen molar-refractivity contribution in [3.8, 4) is 0 Å². The number of benzene rings is 1. The monoisotopic (exact) mass is 368 g/mol. The number of halogens is 2. The molecule has 0 radical (unpaired) electrons. The summed E-state index contributed by atoms with van der Waals surface area (Å²) in [5.41, 5.74) is 3.85. The molecule has 0 aliphatic heterocycles. The van der Waals surface area contributed by atoms with Crippen LogP contribution < -0.4 is 0 Å². The molecular formula is C16H16Cl2Zr. The zero-order valence-electron chi connectivity index (χ0n) is 11.0. The first-order chi connectivity index (χ1) is 8.95. The summed E-state index contributed by atoms with van der Waals surface area (Å²) in [5, 5.41) is 0. The summed E-state index contributed by atoms with van der Waals surface area (Å²) in [6.07, 6.45) is 12.8. The van der Waals surface area contributed by atoms with Gasteiger partial charge in [-0.15, -0.1) is 0 Å². The first-order valence-corrected chi connectivity index (χ1v) is 15.5. The van der Waals surface area contributed by atoms with Gasteiger partial charge in [0.05, 0.1) is 0 Å². The molecular weight excluding hydrogens is 354 g/mol. The molecule has 1 aromatic rings. The van der Waals surface area contributed by atoms with Crippen LogP contribution >= 0.6 is 17.0 Å². The van der Waals surface area contributed by atoms with E-state index in [1.54, 1.807) is 0 Å². The average molecular weight is 370 g/mol. The molecule has 2 aliphatic carbocycles. The van der Waals surface area contributed by atoms with Crippen LogP contribution in [0.1, 0.15) is 23.6 Å². The van der Waals surface area contributed by atoms with Gasteiger partial charge < -0.3 is 0 Å². The van der Waals surface area contributed by atoms with Crippen LogP contribution in [0.3, 0.4) is 0 Å². The van der Waals surface area contributed by atoms with Crippen molar-refractivity contribution < 1.29 is 17.9 Å². The Bertz CT molecular complexity index is 601. The number of rotatable bonds is 2. The van der Waals surface area contributed by atoms with E-state index in [1.165, 1.54) is 16.7 Å². The van der Waals surface area contributed by atoms with Crippen molar-refractivity contribution in [2.24, 2.45) is 0 Å². The summed E-state index contributed by atoms with van der Waals surface area (Å²) >= 11 is -3.40. The van der Waals surface area contributed by atoms with Crippen LogP contribution in [-0.2, 0) is 21.0 Å². The predicted octanol–water partition coefficient (Wildman–Crippen LogP) is 5.61. The Balaban J connectivity index is 2.09. The summed E-state index contributed by atoms with van der Waals surface area (Å²) in [5.74, 6) is 0. The van der Waals surface area contributed by atoms with Crippen molar-refractivity contribution in [3.05, 3.63) is 65.3 Å². The molecule has 98 valence electrons. The molecule has 0 fully saturated rings. The summed E-state index contributed by atoms with van der Waals surface area (Å²) in [6.45, 7) is 4.32. The van der Waals surface area contributed by atoms with Crippen LogP contribution in [0.5, 0.6) is 0 Å². The van der Waals surface area contributed by atoms with E-state index in [0.717, 1.165) is 0 Å². The van der Waals surface area contributed by atoms with E-state index in [1.807, 2.05) is 0 Å². The molecule has 19 heavy (non-hydrogen) atoms.